The second kappa shape index (κ2) is 13.5. The molecule has 0 heterocycles. The Morgan fingerprint density at radius 3 is 2.15 bits per heavy atom. The Morgan fingerprint density at radius 1 is 1.31 bits per heavy atom. The van der Waals surface area contributed by atoms with Crippen molar-refractivity contribution in [3.8, 4) is 0 Å². The molecule has 0 aliphatic heterocycles. The number of carboxylic acid groups (broad SMARTS) is 1. The van der Waals surface area contributed by atoms with Gasteiger partial charge in [0.15, 0.2) is 0 Å². The van der Waals surface area contributed by atoms with Crippen LogP contribution in [0.4, 0.5) is 0 Å². The zero-order valence-corrected chi connectivity index (χ0v) is 8.16. The number of unbranched alkanes of at least 4 members (excludes halogenated alkanes) is 4. The van der Waals surface area contributed by atoms with Gasteiger partial charge >= 0.3 is 5.97 Å². The van der Waals surface area contributed by atoms with E-state index >= 15 is 0 Å². The first kappa shape index (κ1) is 14.5. The summed E-state index contributed by atoms with van der Waals surface area (Å²) < 4.78 is 0. The van der Waals surface area contributed by atoms with Crippen LogP contribution in [0.5, 0.6) is 0 Å². The lowest BCUT2D eigenvalue weighted by Gasteiger charge is -1.95. The van der Waals surface area contributed by atoms with E-state index in [2.05, 4.69) is 12.7 Å². The van der Waals surface area contributed by atoms with E-state index in [9.17, 15) is 4.79 Å². The van der Waals surface area contributed by atoms with Gasteiger partial charge in [0, 0.05) is 6.42 Å². The first-order valence-corrected chi connectivity index (χ1v) is 4.56. The third kappa shape index (κ3) is 24.8. The summed E-state index contributed by atoms with van der Waals surface area (Å²) in [5, 5.41) is 8.27. The lowest BCUT2D eigenvalue weighted by atomic mass is 10.1. The van der Waals surface area contributed by atoms with Gasteiger partial charge in [0.1, 0.15) is 0 Å². The van der Waals surface area contributed by atoms with E-state index in [4.69, 9.17) is 9.90 Å². The SMILES string of the molecule is CCCCCCCC(=O)O.NC=O. The van der Waals surface area contributed by atoms with Crippen LogP contribution >= 0.6 is 0 Å². The maximum absolute atomic E-state index is 10.0. The highest BCUT2D eigenvalue weighted by molar-refractivity contribution is 5.66. The molecule has 0 saturated carbocycles. The zero-order chi connectivity index (χ0) is 10.5. The van der Waals surface area contributed by atoms with E-state index < -0.39 is 5.97 Å². The number of rotatable bonds is 6. The Morgan fingerprint density at radius 2 is 1.77 bits per heavy atom. The molecular weight excluding hydrogens is 170 g/mol. The number of hydrogen-bond acceptors (Lipinski definition) is 2. The fourth-order valence-corrected chi connectivity index (χ4v) is 0.880. The highest BCUT2D eigenvalue weighted by atomic mass is 16.4. The van der Waals surface area contributed by atoms with Crippen molar-refractivity contribution in [1.82, 2.24) is 0 Å². The Hall–Kier alpha value is -1.06. The lowest BCUT2D eigenvalue weighted by Crippen LogP contribution is -1.93. The molecule has 13 heavy (non-hydrogen) atoms. The Labute approximate surface area is 79.1 Å². The van der Waals surface area contributed by atoms with Crippen LogP contribution in [0.15, 0.2) is 0 Å². The Kier molecular flexibility index (Phi) is 15.0. The summed E-state index contributed by atoms with van der Waals surface area (Å²) in [5.74, 6) is -0.670. The number of aliphatic carboxylic acids is 1. The number of amides is 1. The van der Waals surface area contributed by atoms with E-state index in [1.54, 1.807) is 0 Å². The van der Waals surface area contributed by atoms with Crippen molar-refractivity contribution < 1.29 is 14.7 Å². The summed E-state index contributed by atoms with van der Waals surface area (Å²) in [6.07, 6.45) is 6.13. The van der Waals surface area contributed by atoms with Crippen molar-refractivity contribution in [2.45, 2.75) is 45.4 Å². The minimum absolute atomic E-state index is 0.250. The number of carboxylic acids is 1. The summed E-state index contributed by atoms with van der Waals surface area (Å²) in [7, 11) is 0. The van der Waals surface area contributed by atoms with E-state index in [1.807, 2.05) is 0 Å². The van der Waals surface area contributed by atoms with Gasteiger partial charge < -0.3 is 10.8 Å². The van der Waals surface area contributed by atoms with Gasteiger partial charge in [0.25, 0.3) is 0 Å². The fourth-order valence-electron chi connectivity index (χ4n) is 0.880. The summed E-state index contributed by atoms with van der Waals surface area (Å²) in [5.41, 5.74) is 4.17. The maximum Gasteiger partial charge on any atom is 0.303 e. The third-order valence-corrected chi connectivity index (χ3v) is 1.49. The summed E-state index contributed by atoms with van der Waals surface area (Å²) >= 11 is 0. The molecule has 78 valence electrons. The second-order valence-corrected chi connectivity index (χ2v) is 2.69. The predicted molar refractivity (Wildman–Crippen MR) is 51.3 cm³/mol. The van der Waals surface area contributed by atoms with Gasteiger partial charge in [-0.15, -0.1) is 0 Å². The Bertz CT molecular complexity index is 126. The highest BCUT2D eigenvalue weighted by Crippen LogP contribution is 2.04. The average Bonchev–Trinajstić information content (AvgIpc) is 2.05. The van der Waals surface area contributed by atoms with Crippen LogP contribution in [0.25, 0.3) is 0 Å². The summed E-state index contributed by atoms with van der Waals surface area (Å²) in [4.78, 5) is 18.6. The van der Waals surface area contributed by atoms with Crippen LogP contribution in [0.1, 0.15) is 45.4 Å². The topological polar surface area (TPSA) is 80.4 Å². The van der Waals surface area contributed by atoms with Gasteiger partial charge in [-0.1, -0.05) is 32.6 Å². The van der Waals surface area contributed by atoms with Crippen molar-refractivity contribution in [3.05, 3.63) is 0 Å². The monoisotopic (exact) mass is 189 g/mol. The van der Waals surface area contributed by atoms with Crippen LogP contribution in [0.3, 0.4) is 0 Å². The molecule has 0 aromatic heterocycles. The van der Waals surface area contributed by atoms with Crippen LogP contribution in [0, 0.1) is 0 Å². The highest BCUT2D eigenvalue weighted by Gasteiger charge is 1.94. The average molecular weight is 189 g/mol. The van der Waals surface area contributed by atoms with Crippen molar-refractivity contribution in [3.63, 3.8) is 0 Å². The molecule has 0 spiro atoms. The Balaban J connectivity index is 0. The molecule has 0 radical (unpaired) electrons. The molecule has 0 rings (SSSR count). The molecule has 4 heteroatoms. The normalized spacial score (nSPS) is 8.38. The molecule has 3 N–H and O–H groups in total. The minimum atomic E-state index is -0.670. The molecule has 0 aliphatic rings. The van der Waals surface area contributed by atoms with Gasteiger partial charge in [0.05, 0.1) is 0 Å². The van der Waals surface area contributed by atoms with E-state index in [-0.39, 0.29) is 6.41 Å². The molecule has 0 aromatic carbocycles. The van der Waals surface area contributed by atoms with Crippen LogP contribution in [-0.4, -0.2) is 17.5 Å². The second-order valence-electron chi connectivity index (χ2n) is 2.69. The molecule has 0 aliphatic carbocycles. The van der Waals surface area contributed by atoms with Crippen molar-refractivity contribution in [2.75, 3.05) is 0 Å². The van der Waals surface area contributed by atoms with E-state index in [1.165, 1.54) is 19.3 Å². The fraction of sp³-hybridized carbons (Fsp3) is 0.778. The summed E-state index contributed by atoms with van der Waals surface area (Å²) in [6.45, 7) is 2.15. The van der Waals surface area contributed by atoms with Crippen LogP contribution < -0.4 is 5.73 Å². The minimum Gasteiger partial charge on any atom is -0.481 e. The number of hydrogen-bond donors (Lipinski definition) is 2. The number of nitrogens with two attached hydrogens (primary N) is 1. The molecule has 0 aromatic rings. The molecule has 4 nitrogen and oxygen atoms in total. The number of carbonyl (C=O) groups excluding carboxylic acids is 1. The van der Waals surface area contributed by atoms with Crippen molar-refractivity contribution >= 4 is 12.4 Å². The van der Waals surface area contributed by atoms with Gasteiger partial charge in [0.2, 0.25) is 6.41 Å². The van der Waals surface area contributed by atoms with Gasteiger partial charge in [-0.25, -0.2) is 0 Å². The largest absolute Gasteiger partial charge is 0.481 e. The van der Waals surface area contributed by atoms with Gasteiger partial charge in [-0.2, -0.15) is 0 Å². The number of carbonyl (C=O) groups is 2. The van der Waals surface area contributed by atoms with Crippen molar-refractivity contribution in [1.29, 1.82) is 0 Å². The molecule has 1 amide bonds. The van der Waals surface area contributed by atoms with Gasteiger partial charge in [-0.3, -0.25) is 9.59 Å². The first-order chi connectivity index (χ1) is 6.18. The number of primary amides is 1. The molecular formula is C9H19NO3. The molecule has 0 atom stereocenters. The molecule has 0 saturated heterocycles. The standard InChI is InChI=1S/C8H16O2.CH3NO/c1-2-3-4-5-6-7-8(9)10;2-1-3/h2-7H2,1H3,(H,9,10);1H,(H2,2,3). The smallest absolute Gasteiger partial charge is 0.303 e. The predicted octanol–water partition coefficient (Wildman–Crippen LogP) is 1.53. The molecule has 0 fully saturated rings. The van der Waals surface area contributed by atoms with E-state index in [0.717, 1.165) is 12.8 Å². The van der Waals surface area contributed by atoms with E-state index in [0.29, 0.717) is 6.42 Å². The zero-order valence-electron chi connectivity index (χ0n) is 8.16. The van der Waals surface area contributed by atoms with Crippen molar-refractivity contribution in [2.24, 2.45) is 5.73 Å². The summed E-state index contributed by atoms with van der Waals surface area (Å²) in [6, 6.07) is 0. The molecule has 0 bridgehead atoms. The quantitative estimate of drug-likeness (QED) is 0.491. The maximum atomic E-state index is 10.0. The van der Waals surface area contributed by atoms with Gasteiger partial charge in [-0.05, 0) is 6.42 Å². The third-order valence-electron chi connectivity index (χ3n) is 1.49. The van der Waals surface area contributed by atoms with Crippen LogP contribution in [0.2, 0.25) is 0 Å². The lowest BCUT2D eigenvalue weighted by molar-refractivity contribution is -0.137. The van der Waals surface area contributed by atoms with Crippen LogP contribution in [-0.2, 0) is 9.59 Å². The first-order valence-electron chi connectivity index (χ1n) is 4.56. The molecule has 0 unspecified atom stereocenters.